The highest BCUT2D eigenvalue weighted by Crippen LogP contribution is 2.49. The molecule has 0 amide bonds. The second-order valence-electron chi connectivity index (χ2n) is 17.9. The summed E-state index contributed by atoms with van der Waals surface area (Å²) in [5.41, 5.74) is 1.17. The van der Waals surface area contributed by atoms with Gasteiger partial charge in [0.15, 0.2) is 14.1 Å². The van der Waals surface area contributed by atoms with Crippen LogP contribution in [0.2, 0.25) is 18.1 Å². The molecule has 2 fully saturated rings. The van der Waals surface area contributed by atoms with Crippen LogP contribution in [0.3, 0.4) is 0 Å². The van der Waals surface area contributed by atoms with E-state index in [0.29, 0.717) is 36.0 Å². The number of cyclic esters (lactones) is 1. The molecule has 2 aliphatic rings. The van der Waals surface area contributed by atoms with Crippen LogP contribution in [0, 0.1) is 29.0 Å². The Balaban J connectivity index is 1.67. The molecule has 2 saturated heterocycles. The van der Waals surface area contributed by atoms with Crippen LogP contribution in [0.1, 0.15) is 107 Å². The molecule has 4 rings (SSSR count). The highest BCUT2D eigenvalue weighted by atomic mass is 28.4. The van der Waals surface area contributed by atoms with Gasteiger partial charge in [-0.25, -0.2) is 4.39 Å². The summed E-state index contributed by atoms with van der Waals surface area (Å²) in [7, 11) is -0.364. The van der Waals surface area contributed by atoms with E-state index in [1.807, 2.05) is 33.8 Å². The van der Waals surface area contributed by atoms with Gasteiger partial charge in [-0.15, -0.1) is 0 Å². The van der Waals surface area contributed by atoms with Crippen molar-refractivity contribution in [3.05, 3.63) is 47.4 Å². The van der Waals surface area contributed by atoms with Gasteiger partial charge in [0.25, 0.3) is 0 Å². The zero-order chi connectivity index (χ0) is 38.8. The molecule has 3 heterocycles. The molecule has 0 saturated carbocycles. The monoisotopic (exact) mass is 740 g/mol. The van der Waals surface area contributed by atoms with Gasteiger partial charge in [0, 0.05) is 55.8 Å². The highest BCUT2D eigenvalue weighted by molar-refractivity contribution is 6.74. The number of hydrogen-bond donors (Lipinski definition) is 0. The first-order valence-corrected chi connectivity index (χ1v) is 22.1. The van der Waals surface area contributed by atoms with Gasteiger partial charge in [-0.05, 0) is 86.2 Å². The molecule has 0 aliphatic carbocycles. The number of rotatable bonds is 8. The Morgan fingerprint density at radius 3 is 2.38 bits per heavy atom. The second-order valence-corrected chi connectivity index (χ2v) is 22.7. The van der Waals surface area contributed by atoms with Crippen molar-refractivity contribution in [3.8, 4) is 11.3 Å². The van der Waals surface area contributed by atoms with Crippen LogP contribution in [0.15, 0.2) is 40.4 Å². The quantitative estimate of drug-likeness (QED) is 0.150. The first-order chi connectivity index (χ1) is 24.1. The van der Waals surface area contributed by atoms with Crippen molar-refractivity contribution in [2.24, 2.45) is 23.2 Å². The Labute approximate surface area is 313 Å². The van der Waals surface area contributed by atoms with Crippen LogP contribution in [0.25, 0.3) is 17.4 Å². The summed E-state index contributed by atoms with van der Waals surface area (Å²) in [4.78, 5) is 30.4. The Hall–Kier alpha value is -2.66. The van der Waals surface area contributed by atoms with E-state index < -0.39 is 31.9 Å². The smallest absolute Gasteiger partial charge is 0.309 e. The summed E-state index contributed by atoms with van der Waals surface area (Å²) in [6.45, 7) is 27.4. The number of nitrogens with zero attached hydrogens (tertiary/aromatic N) is 2. The summed E-state index contributed by atoms with van der Waals surface area (Å²) in [6.07, 6.45) is 4.34. The average molecular weight is 741 g/mol. The maximum Gasteiger partial charge on any atom is 0.309 e. The minimum atomic E-state index is -1.93. The number of carbonyl (C=O) groups excluding carboxylic acids is 2. The minimum Gasteiger partial charge on any atom is -0.458 e. The highest BCUT2D eigenvalue weighted by Gasteiger charge is 2.58. The maximum absolute atomic E-state index is 14.0. The molecule has 1 unspecified atom stereocenters. The van der Waals surface area contributed by atoms with Gasteiger partial charge in [0.05, 0.1) is 17.9 Å². The number of halogens is 1. The average Bonchev–Trinajstić information content (AvgIpc) is 3.35. The van der Waals surface area contributed by atoms with Crippen LogP contribution < -0.4 is 0 Å². The standard InChI is InChI=1S/C42H65FN2O6Si/c1-27-15-14-20-42(10)36(45(42)21-22-49-52(12,13)40(5,6)7)25-34(28(2)23-33-24-35(51-44-33)31-16-18-32(43)19-17-31)50-38(46)26-37(48-11)41(8,9)39(47)30(4)29(27)3/h16-19,23-24,27,29-30,34,36-37H,14-15,20-22,25-26H2,1-13H3/b28-23+/t27-,29-,30+,34-,36-,37-,42+,45?/m0/s1. The molecule has 10 heteroatoms. The van der Waals surface area contributed by atoms with E-state index in [1.165, 1.54) is 12.1 Å². The molecule has 1 aromatic heterocycles. The topological polar surface area (TPSA) is 90.9 Å². The molecule has 8 nitrogen and oxygen atoms in total. The number of ketones is 1. The van der Waals surface area contributed by atoms with E-state index in [1.54, 1.807) is 25.3 Å². The molecule has 0 N–H and O–H groups in total. The lowest BCUT2D eigenvalue weighted by molar-refractivity contribution is -0.155. The molecule has 290 valence electrons. The number of hydrogen-bond acceptors (Lipinski definition) is 8. The summed E-state index contributed by atoms with van der Waals surface area (Å²) in [6, 6.07) is 8.06. The fourth-order valence-electron chi connectivity index (χ4n) is 7.77. The molecular formula is C42H65FN2O6Si. The third-order valence-electron chi connectivity index (χ3n) is 13.1. The van der Waals surface area contributed by atoms with Gasteiger partial charge >= 0.3 is 5.97 Å². The third-order valence-corrected chi connectivity index (χ3v) is 17.6. The SMILES string of the molecule is CO[C@H]1CC(=O)O[C@H](/C(C)=C/c2cc(-c3ccc(F)cc3)on2)C[C@@H]2N(CCO[Si](C)(C)C(C)(C)C)[C@]2(C)CCC[C@H](C)[C@H](C)[C@@H](C)C(=O)C1(C)C. The van der Waals surface area contributed by atoms with Gasteiger partial charge in [0.1, 0.15) is 23.4 Å². The molecular weight excluding hydrogens is 676 g/mol. The zero-order valence-electron chi connectivity index (χ0n) is 34.1. The molecule has 8 atom stereocenters. The van der Waals surface area contributed by atoms with Crippen molar-refractivity contribution in [2.75, 3.05) is 20.3 Å². The summed E-state index contributed by atoms with van der Waals surface area (Å²) in [5, 5.41) is 4.38. The van der Waals surface area contributed by atoms with E-state index in [4.69, 9.17) is 18.4 Å². The largest absolute Gasteiger partial charge is 0.458 e. The van der Waals surface area contributed by atoms with Crippen molar-refractivity contribution in [2.45, 2.75) is 143 Å². The number of ether oxygens (including phenoxy) is 2. The second kappa shape index (κ2) is 16.4. The fraction of sp³-hybridized carbons (Fsp3) is 0.690. The molecule has 0 bridgehead atoms. The van der Waals surface area contributed by atoms with Crippen molar-refractivity contribution in [1.29, 1.82) is 0 Å². The lowest BCUT2D eigenvalue weighted by Gasteiger charge is -2.36. The maximum atomic E-state index is 14.0. The van der Waals surface area contributed by atoms with Gasteiger partial charge in [0.2, 0.25) is 0 Å². The number of fused-ring (bicyclic) bond motifs is 1. The van der Waals surface area contributed by atoms with Gasteiger partial charge in [-0.3, -0.25) is 14.5 Å². The van der Waals surface area contributed by atoms with E-state index in [-0.39, 0.29) is 46.5 Å². The van der Waals surface area contributed by atoms with Gasteiger partial charge in [-0.2, -0.15) is 0 Å². The fourth-order valence-corrected chi connectivity index (χ4v) is 8.81. The number of carbonyl (C=O) groups is 2. The van der Waals surface area contributed by atoms with E-state index >= 15 is 0 Å². The Morgan fingerprint density at radius 2 is 1.77 bits per heavy atom. The van der Waals surface area contributed by atoms with Crippen LogP contribution >= 0.6 is 0 Å². The Bertz CT molecular complexity index is 1560. The third kappa shape index (κ3) is 9.52. The predicted octanol–water partition coefficient (Wildman–Crippen LogP) is 9.74. The zero-order valence-corrected chi connectivity index (χ0v) is 35.1. The first-order valence-electron chi connectivity index (χ1n) is 19.2. The lowest BCUT2D eigenvalue weighted by atomic mass is 9.70. The normalized spacial score (nSPS) is 31.2. The molecule has 2 aliphatic heterocycles. The van der Waals surface area contributed by atoms with Crippen molar-refractivity contribution >= 4 is 26.1 Å². The summed E-state index contributed by atoms with van der Waals surface area (Å²) in [5.74, 6) is 0.272. The van der Waals surface area contributed by atoms with Crippen LogP contribution in [0.5, 0.6) is 0 Å². The summed E-state index contributed by atoms with van der Waals surface area (Å²) >= 11 is 0. The number of aromatic nitrogens is 1. The van der Waals surface area contributed by atoms with Crippen molar-refractivity contribution in [3.63, 3.8) is 0 Å². The summed E-state index contributed by atoms with van der Waals surface area (Å²) < 4.78 is 38.0. The first kappa shape index (κ1) is 42.1. The van der Waals surface area contributed by atoms with Gasteiger partial charge in [-0.1, -0.05) is 73.4 Å². The molecule has 0 spiro atoms. The van der Waals surface area contributed by atoms with E-state index in [0.717, 1.165) is 31.4 Å². The van der Waals surface area contributed by atoms with E-state index in [2.05, 4.69) is 64.7 Å². The number of Topliss-reactive ketones (excluding diaryl/α,β-unsaturated/α-hetero) is 1. The minimum absolute atomic E-state index is 0.0413. The Morgan fingerprint density at radius 1 is 1.12 bits per heavy atom. The van der Waals surface area contributed by atoms with Crippen LogP contribution in [-0.4, -0.2) is 74.2 Å². The number of esters is 1. The van der Waals surface area contributed by atoms with Crippen LogP contribution in [0.4, 0.5) is 4.39 Å². The number of benzene rings is 1. The predicted molar refractivity (Wildman–Crippen MR) is 208 cm³/mol. The van der Waals surface area contributed by atoms with Crippen molar-refractivity contribution in [1.82, 2.24) is 10.1 Å². The molecule has 52 heavy (non-hydrogen) atoms. The van der Waals surface area contributed by atoms with Gasteiger partial charge < -0.3 is 18.4 Å². The van der Waals surface area contributed by atoms with Crippen molar-refractivity contribution < 1.29 is 32.4 Å². The lowest BCUT2D eigenvalue weighted by Crippen LogP contribution is -2.45. The molecule has 1 aromatic carbocycles. The molecule has 2 aromatic rings. The molecule has 0 radical (unpaired) electrons. The van der Waals surface area contributed by atoms with Crippen LogP contribution in [-0.2, 0) is 23.5 Å². The number of methoxy groups -OCH3 is 1. The van der Waals surface area contributed by atoms with E-state index in [9.17, 15) is 14.0 Å². The Kier molecular flexibility index (Phi) is 13.2.